The lowest BCUT2D eigenvalue weighted by Gasteiger charge is -2.31. The van der Waals surface area contributed by atoms with Crippen molar-refractivity contribution in [2.24, 2.45) is 0 Å². The molecule has 0 unspecified atom stereocenters. The quantitative estimate of drug-likeness (QED) is 0.604. The summed E-state index contributed by atoms with van der Waals surface area (Å²) in [7, 11) is 0. The average molecular weight is 327 g/mol. The molecule has 4 nitrogen and oxygen atoms in total. The van der Waals surface area contributed by atoms with Crippen molar-refractivity contribution in [3.8, 4) is 0 Å². The van der Waals surface area contributed by atoms with Gasteiger partial charge >= 0.3 is 0 Å². The van der Waals surface area contributed by atoms with Crippen LogP contribution in [0.25, 0.3) is 0 Å². The van der Waals surface area contributed by atoms with Crippen LogP contribution >= 0.6 is 17.1 Å². The number of carbonyl (C=O) groups excluding carboxylic acids is 1. The molecule has 7 heteroatoms. The highest BCUT2D eigenvalue weighted by Gasteiger charge is 2.25. The van der Waals surface area contributed by atoms with Crippen molar-refractivity contribution in [1.29, 1.82) is 0 Å². The summed E-state index contributed by atoms with van der Waals surface area (Å²) in [5.41, 5.74) is -2.37. The molecule has 0 heterocycles. The van der Waals surface area contributed by atoms with Crippen molar-refractivity contribution < 1.29 is 13.8 Å². The van der Waals surface area contributed by atoms with E-state index in [1.54, 1.807) is 0 Å². The number of carbonyl (C=O) groups is 1. The van der Waals surface area contributed by atoms with Gasteiger partial charge in [-0.3, -0.25) is 4.79 Å². The molecule has 0 aromatic carbocycles. The summed E-state index contributed by atoms with van der Waals surface area (Å²) in [6.07, 6.45) is 0. The maximum absolute atomic E-state index is 12.2. The standard InChI is InChI=1S/C12H26NO3PS2/c1-7-15-17(18,16-8-2)19-9-12(14)13(10(3)4)11(5)6/h10-11H,7-9H2,1-6H3. The molecule has 19 heavy (non-hydrogen) atoms. The van der Waals surface area contributed by atoms with E-state index >= 15 is 0 Å². The molecule has 0 aliphatic heterocycles. The number of hydrogen-bond donors (Lipinski definition) is 0. The molecule has 0 saturated heterocycles. The average Bonchev–Trinajstić information content (AvgIpc) is 2.26. The molecule has 0 rings (SSSR count). The fourth-order valence-electron chi connectivity index (χ4n) is 1.81. The Morgan fingerprint density at radius 1 is 1.16 bits per heavy atom. The van der Waals surface area contributed by atoms with E-state index in [-0.39, 0.29) is 18.0 Å². The lowest BCUT2D eigenvalue weighted by molar-refractivity contribution is -0.131. The van der Waals surface area contributed by atoms with Crippen molar-refractivity contribution >= 4 is 34.8 Å². The third-order valence-electron chi connectivity index (χ3n) is 2.32. The molecule has 0 fully saturated rings. The van der Waals surface area contributed by atoms with E-state index in [0.717, 1.165) is 0 Å². The molecular formula is C12H26NO3PS2. The Bertz CT molecular complexity index is 306. The van der Waals surface area contributed by atoms with Gasteiger partial charge in [-0.05, 0) is 53.3 Å². The van der Waals surface area contributed by atoms with Gasteiger partial charge in [-0.1, -0.05) is 11.4 Å². The number of amides is 1. The maximum atomic E-state index is 12.2. The van der Waals surface area contributed by atoms with Crippen molar-refractivity contribution in [1.82, 2.24) is 4.90 Å². The molecule has 0 spiro atoms. The van der Waals surface area contributed by atoms with Gasteiger partial charge in [0.1, 0.15) is 0 Å². The molecule has 0 N–H and O–H groups in total. The first kappa shape index (κ1) is 19.4. The van der Waals surface area contributed by atoms with Gasteiger partial charge in [-0.25, -0.2) is 0 Å². The Hall–Kier alpha value is 0.390. The van der Waals surface area contributed by atoms with Crippen LogP contribution in [-0.2, 0) is 25.6 Å². The minimum absolute atomic E-state index is 0.0867. The molecule has 0 aromatic heterocycles. The lowest BCUT2D eigenvalue weighted by Crippen LogP contribution is -2.43. The highest BCUT2D eigenvalue weighted by atomic mass is 32.9. The van der Waals surface area contributed by atoms with Crippen LogP contribution in [0.4, 0.5) is 0 Å². The van der Waals surface area contributed by atoms with Crippen LogP contribution in [0.3, 0.4) is 0 Å². The van der Waals surface area contributed by atoms with Crippen LogP contribution < -0.4 is 0 Å². The molecule has 0 aromatic rings. The Kier molecular flexibility index (Phi) is 9.54. The molecule has 0 atom stereocenters. The lowest BCUT2D eigenvalue weighted by atomic mass is 10.2. The summed E-state index contributed by atoms with van der Waals surface area (Å²) >= 11 is 6.73. The second kappa shape index (κ2) is 9.35. The minimum Gasteiger partial charge on any atom is -0.337 e. The van der Waals surface area contributed by atoms with E-state index in [4.69, 9.17) is 20.9 Å². The van der Waals surface area contributed by atoms with E-state index in [0.29, 0.717) is 19.0 Å². The van der Waals surface area contributed by atoms with Crippen LogP contribution in [0.2, 0.25) is 0 Å². The Labute approximate surface area is 126 Å². The summed E-state index contributed by atoms with van der Waals surface area (Å²) in [5, 5.41) is 0. The second-order valence-electron chi connectivity index (χ2n) is 4.54. The van der Waals surface area contributed by atoms with Gasteiger partial charge in [0.05, 0.1) is 19.0 Å². The Balaban J connectivity index is 4.59. The molecule has 1 amide bonds. The predicted octanol–water partition coefficient (Wildman–Crippen LogP) is 3.66. The summed E-state index contributed by atoms with van der Waals surface area (Å²) in [5.74, 6) is 0.400. The van der Waals surface area contributed by atoms with Gasteiger partial charge in [0.25, 0.3) is 0 Å². The number of nitrogens with zero attached hydrogens (tertiary/aromatic N) is 1. The molecule has 0 radical (unpaired) electrons. The smallest absolute Gasteiger partial charge is 0.247 e. The summed E-state index contributed by atoms with van der Waals surface area (Å²) < 4.78 is 11.0. The van der Waals surface area contributed by atoms with Crippen LogP contribution in [0.1, 0.15) is 41.5 Å². The topological polar surface area (TPSA) is 38.8 Å². The molecule has 0 aliphatic rings. The first-order chi connectivity index (χ1) is 8.77. The highest BCUT2D eigenvalue weighted by molar-refractivity contribution is 8.68. The SMILES string of the molecule is CCOP(=S)(OCC)SCC(=O)N(C(C)C)C(C)C. The van der Waals surface area contributed by atoms with E-state index < -0.39 is 5.69 Å². The van der Waals surface area contributed by atoms with E-state index in [1.807, 2.05) is 46.4 Å². The largest absolute Gasteiger partial charge is 0.337 e. The van der Waals surface area contributed by atoms with E-state index in [1.165, 1.54) is 11.4 Å². The molecule has 0 bridgehead atoms. The molecule has 114 valence electrons. The second-order valence-corrected chi connectivity index (χ2v) is 10.9. The highest BCUT2D eigenvalue weighted by Crippen LogP contribution is 2.60. The third-order valence-corrected chi connectivity index (χ3v) is 7.71. The van der Waals surface area contributed by atoms with Crippen LogP contribution in [-0.4, -0.2) is 41.9 Å². The summed E-state index contributed by atoms with van der Waals surface area (Å²) in [4.78, 5) is 14.1. The molecule has 0 aliphatic carbocycles. The third kappa shape index (κ3) is 7.09. The van der Waals surface area contributed by atoms with Gasteiger partial charge in [0, 0.05) is 12.1 Å². The van der Waals surface area contributed by atoms with Crippen LogP contribution in [0, 0.1) is 0 Å². The predicted molar refractivity (Wildman–Crippen MR) is 87.1 cm³/mol. The van der Waals surface area contributed by atoms with Crippen molar-refractivity contribution in [3.63, 3.8) is 0 Å². The summed E-state index contributed by atoms with van der Waals surface area (Å²) in [6.45, 7) is 12.9. The molecular weight excluding hydrogens is 301 g/mol. The van der Waals surface area contributed by atoms with Crippen molar-refractivity contribution in [2.45, 2.75) is 53.6 Å². The zero-order valence-electron chi connectivity index (χ0n) is 12.7. The van der Waals surface area contributed by atoms with Gasteiger partial charge in [-0.15, -0.1) is 0 Å². The van der Waals surface area contributed by atoms with E-state index in [9.17, 15) is 4.79 Å². The van der Waals surface area contributed by atoms with Gasteiger partial charge in [0.2, 0.25) is 11.6 Å². The van der Waals surface area contributed by atoms with Gasteiger partial charge < -0.3 is 13.9 Å². The first-order valence-corrected chi connectivity index (χ1v) is 10.8. The zero-order chi connectivity index (χ0) is 15.1. The number of hydrogen-bond acceptors (Lipinski definition) is 5. The zero-order valence-corrected chi connectivity index (χ0v) is 15.2. The van der Waals surface area contributed by atoms with Crippen molar-refractivity contribution in [3.05, 3.63) is 0 Å². The van der Waals surface area contributed by atoms with E-state index in [2.05, 4.69) is 0 Å². The van der Waals surface area contributed by atoms with Gasteiger partial charge in [-0.2, -0.15) is 0 Å². The van der Waals surface area contributed by atoms with Crippen molar-refractivity contribution in [2.75, 3.05) is 19.0 Å². The fraction of sp³-hybridized carbons (Fsp3) is 0.917. The Morgan fingerprint density at radius 2 is 1.58 bits per heavy atom. The monoisotopic (exact) mass is 327 g/mol. The van der Waals surface area contributed by atoms with Crippen LogP contribution in [0.15, 0.2) is 0 Å². The number of rotatable bonds is 9. The van der Waals surface area contributed by atoms with Crippen LogP contribution in [0.5, 0.6) is 0 Å². The molecule has 0 saturated carbocycles. The van der Waals surface area contributed by atoms with Gasteiger partial charge in [0.15, 0.2) is 0 Å². The normalized spacial score (nSPS) is 12.2. The fourth-order valence-corrected chi connectivity index (χ4v) is 6.07. The minimum atomic E-state index is -2.37. The Morgan fingerprint density at radius 3 is 1.89 bits per heavy atom. The first-order valence-electron chi connectivity index (χ1n) is 6.62. The maximum Gasteiger partial charge on any atom is 0.247 e. The summed E-state index contributed by atoms with van der Waals surface area (Å²) in [6, 6.07) is 0.371.